The number of halogens is 1. The van der Waals surface area contributed by atoms with Crippen LogP contribution in [-0.2, 0) is 23.4 Å². The summed E-state index contributed by atoms with van der Waals surface area (Å²) in [5.41, 5.74) is 3.79. The van der Waals surface area contributed by atoms with Crippen molar-refractivity contribution in [3.8, 4) is 11.6 Å². The van der Waals surface area contributed by atoms with E-state index < -0.39 is 56.6 Å². The fourth-order valence-electron chi connectivity index (χ4n) is 4.17. The number of carbonyl (C=O) groups excluding carboxylic acids is 1. The Balaban J connectivity index is 1.56. The molecule has 1 aliphatic rings. The average Bonchev–Trinajstić information content (AvgIpc) is 3.41. The average molecular weight is 597 g/mol. The molecule has 3 aromatic rings. The van der Waals surface area contributed by atoms with Gasteiger partial charge in [0.05, 0.1) is 25.6 Å². The summed E-state index contributed by atoms with van der Waals surface area (Å²) in [5.74, 6) is -0.519. The molecule has 0 radical (unpaired) electrons. The Labute approximate surface area is 235 Å². The molecule has 0 saturated carbocycles. The quantitative estimate of drug-likeness (QED) is 0.205. The van der Waals surface area contributed by atoms with Gasteiger partial charge in [0.25, 0.3) is 0 Å². The van der Waals surface area contributed by atoms with Crippen molar-refractivity contribution in [3.63, 3.8) is 0 Å². The van der Waals surface area contributed by atoms with Crippen LogP contribution in [0, 0.1) is 0 Å². The summed E-state index contributed by atoms with van der Waals surface area (Å²) in [7, 11) is -4.29. The standard InChI is InChI=1S/C25H34FN6O8P/c1-6-36-21-18-20(29-24(27)30-21)32(13-28-18)23-25(5,26)19(33)17(39-23)12-37-41(35,40-16-10-8-7-9-11-16)31-15(4)22(34)38-14(2)3/h7-11,13-15,17,19,23,33H,6,12H2,1-5H3,(H,31,35)(H2,27,29,30)/t15?,17?,19-,23-,25-,41+/m1/s1. The first-order chi connectivity index (χ1) is 19.3. The molecule has 41 heavy (non-hydrogen) atoms. The molecule has 4 N–H and O–H groups in total. The van der Waals surface area contributed by atoms with E-state index in [1.165, 1.54) is 17.8 Å². The lowest BCUT2D eigenvalue weighted by Crippen LogP contribution is -2.41. The maximum Gasteiger partial charge on any atom is 0.459 e. The third-order valence-corrected chi connectivity index (χ3v) is 7.74. The molecule has 224 valence electrons. The van der Waals surface area contributed by atoms with Crippen molar-refractivity contribution < 1.29 is 42.1 Å². The van der Waals surface area contributed by atoms with Gasteiger partial charge in [-0.1, -0.05) is 18.2 Å². The van der Waals surface area contributed by atoms with Crippen molar-refractivity contribution in [2.45, 2.75) is 70.9 Å². The molecule has 16 heteroatoms. The Bertz CT molecular complexity index is 1410. The molecule has 1 saturated heterocycles. The first kappa shape index (κ1) is 30.6. The smallest absolute Gasteiger partial charge is 0.459 e. The summed E-state index contributed by atoms with van der Waals surface area (Å²) >= 11 is 0. The van der Waals surface area contributed by atoms with E-state index in [2.05, 4.69) is 20.0 Å². The van der Waals surface area contributed by atoms with E-state index >= 15 is 4.39 Å². The number of esters is 1. The minimum Gasteiger partial charge on any atom is -0.476 e. The van der Waals surface area contributed by atoms with Crippen LogP contribution in [-0.4, -0.2) is 73.8 Å². The first-order valence-electron chi connectivity index (χ1n) is 13.0. The Morgan fingerprint density at radius 2 is 2.00 bits per heavy atom. The van der Waals surface area contributed by atoms with Crippen molar-refractivity contribution in [3.05, 3.63) is 36.7 Å². The number of aliphatic hydroxyl groups excluding tert-OH is 1. The number of aliphatic hydroxyl groups is 1. The lowest BCUT2D eigenvalue weighted by atomic mass is 9.98. The van der Waals surface area contributed by atoms with Crippen molar-refractivity contribution in [2.75, 3.05) is 18.9 Å². The largest absolute Gasteiger partial charge is 0.476 e. The third kappa shape index (κ3) is 6.76. The number of imidazole rings is 1. The highest BCUT2D eigenvalue weighted by Gasteiger charge is 2.56. The van der Waals surface area contributed by atoms with Gasteiger partial charge in [0, 0.05) is 0 Å². The summed E-state index contributed by atoms with van der Waals surface area (Å²) in [6, 6.07) is 7.03. The van der Waals surface area contributed by atoms with E-state index in [-0.39, 0.29) is 35.3 Å². The predicted octanol–water partition coefficient (Wildman–Crippen LogP) is 2.93. The monoisotopic (exact) mass is 596 g/mol. The number of aromatic nitrogens is 4. The van der Waals surface area contributed by atoms with Crippen LogP contribution < -0.4 is 20.1 Å². The number of hydrogen-bond donors (Lipinski definition) is 3. The van der Waals surface area contributed by atoms with E-state index in [9.17, 15) is 14.5 Å². The minimum absolute atomic E-state index is 0.114. The molecule has 2 aromatic heterocycles. The number of carbonyl (C=O) groups is 1. The molecule has 0 spiro atoms. The van der Waals surface area contributed by atoms with Crippen molar-refractivity contribution in [1.29, 1.82) is 0 Å². The molecule has 1 fully saturated rings. The van der Waals surface area contributed by atoms with Crippen LogP contribution in [0.5, 0.6) is 11.6 Å². The fraction of sp³-hybridized carbons (Fsp3) is 0.520. The molecule has 0 aliphatic carbocycles. The van der Waals surface area contributed by atoms with Gasteiger partial charge >= 0.3 is 13.7 Å². The van der Waals surface area contributed by atoms with E-state index in [1.54, 1.807) is 51.1 Å². The number of alkyl halides is 1. The lowest BCUT2D eigenvalue weighted by molar-refractivity contribution is -0.149. The van der Waals surface area contributed by atoms with Gasteiger partial charge in [-0.2, -0.15) is 15.1 Å². The summed E-state index contributed by atoms with van der Waals surface area (Å²) < 4.78 is 58.8. The molecule has 6 atom stereocenters. The molecule has 3 heterocycles. The molecule has 0 bridgehead atoms. The van der Waals surface area contributed by atoms with Gasteiger partial charge in [-0.15, -0.1) is 0 Å². The van der Waals surface area contributed by atoms with Crippen LogP contribution >= 0.6 is 7.75 Å². The molecule has 14 nitrogen and oxygen atoms in total. The normalized spacial score (nSPS) is 24.7. The number of para-hydroxylation sites is 1. The van der Waals surface area contributed by atoms with Gasteiger partial charge in [-0.25, -0.2) is 13.9 Å². The number of anilines is 1. The molecule has 2 unspecified atom stereocenters. The summed E-state index contributed by atoms with van der Waals surface area (Å²) in [6.45, 7) is 7.38. The number of ether oxygens (including phenoxy) is 3. The second-order valence-corrected chi connectivity index (χ2v) is 11.5. The number of rotatable bonds is 12. The zero-order valence-electron chi connectivity index (χ0n) is 23.3. The van der Waals surface area contributed by atoms with Crippen LogP contribution in [0.25, 0.3) is 11.2 Å². The van der Waals surface area contributed by atoms with Crippen molar-refractivity contribution in [2.24, 2.45) is 0 Å². The lowest BCUT2D eigenvalue weighted by Gasteiger charge is -2.25. The number of benzene rings is 1. The van der Waals surface area contributed by atoms with Gasteiger partial charge in [-0.05, 0) is 46.8 Å². The Kier molecular flexibility index (Phi) is 9.14. The maximum atomic E-state index is 16.0. The summed E-state index contributed by atoms with van der Waals surface area (Å²) in [6.07, 6.45) is -3.61. The third-order valence-electron chi connectivity index (χ3n) is 6.09. The highest BCUT2D eigenvalue weighted by atomic mass is 31.2. The van der Waals surface area contributed by atoms with Crippen LogP contribution in [0.15, 0.2) is 36.7 Å². The number of nitrogen functional groups attached to an aromatic ring is 1. The van der Waals surface area contributed by atoms with Crippen molar-refractivity contribution >= 4 is 30.8 Å². The maximum absolute atomic E-state index is 16.0. The second kappa shape index (κ2) is 12.2. The number of fused-ring (bicyclic) bond motifs is 1. The Morgan fingerprint density at radius 3 is 2.66 bits per heavy atom. The van der Waals surface area contributed by atoms with E-state index in [1.807, 2.05) is 0 Å². The minimum atomic E-state index is -4.29. The van der Waals surface area contributed by atoms with Gasteiger partial charge in [0.1, 0.15) is 24.0 Å². The Hall–Kier alpha value is -3.36. The van der Waals surface area contributed by atoms with Gasteiger partial charge < -0.3 is 29.6 Å². The van der Waals surface area contributed by atoms with E-state index in [0.717, 1.165) is 6.92 Å². The van der Waals surface area contributed by atoms with E-state index in [4.69, 9.17) is 29.0 Å². The van der Waals surface area contributed by atoms with E-state index in [0.29, 0.717) is 0 Å². The van der Waals surface area contributed by atoms with Crippen LogP contribution in [0.3, 0.4) is 0 Å². The second-order valence-electron chi connectivity index (χ2n) is 9.80. The fourth-order valence-corrected chi connectivity index (χ4v) is 5.67. The molecule has 1 aromatic carbocycles. The number of nitrogens with two attached hydrogens (primary N) is 1. The number of nitrogens with one attached hydrogen (secondary N) is 1. The number of hydrogen-bond acceptors (Lipinski definition) is 12. The zero-order valence-corrected chi connectivity index (χ0v) is 24.2. The van der Waals surface area contributed by atoms with Gasteiger partial charge in [0.2, 0.25) is 11.8 Å². The van der Waals surface area contributed by atoms with Crippen LogP contribution in [0.1, 0.15) is 40.8 Å². The topological polar surface area (TPSA) is 182 Å². The Morgan fingerprint density at radius 1 is 1.29 bits per heavy atom. The van der Waals surface area contributed by atoms with Crippen LogP contribution in [0.4, 0.5) is 10.3 Å². The summed E-state index contributed by atoms with van der Waals surface area (Å²) in [5, 5.41) is 13.4. The SMILES string of the molecule is CCOc1nc(N)nc2c1ncn2[C@@H]1OC(CO[P@@](=O)(NC(C)C(=O)OC(C)C)Oc2ccccc2)[C@@H](O)[C@@]1(C)F. The molecular weight excluding hydrogens is 562 g/mol. The van der Waals surface area contributed by atoms with Crippen LogP contribution in [0.2, 0.25) is 0 Å². The molecule has 1 aliphatic heterocycles. The highest BCUT2D eigenvalue weighted by molar-refractivity contribution is 7.52. The van der Waals surface area contributed by atoms with Gasteiger partial charge in [0.15, 0.2) is 23.1 Å². The van der Waals surface area contributed by atoms with Crippen molar-refractivity contribution in [1.82, 2.24) is 24.6 Å². The molecule has 4 rings (SSSR count). The molecule has 0 amide bonds. The summed E-state index contributed by atoms with van der Waals surface area (Å²) in [4.78, 5) is 24.8. The molecular formula is C25H34FN6O8P. The number of nitrogens with zero attached hydrogens (tertiary/aromatic N) is 4. The first-order valence-corrected chi connectivity index (χ1v) is 14.5. The predicted molar refractivity (Wildman–Crippen MR) is 145 cm³/mol. The highest BCUT2D eigenvalue weighted by Crippen LogP contribution is 2.48. The zero-order chi connectivity index (χ0) is 29.9. The van der Waals surface area contributed by atoms with Gasteiger partial charge in [-0.3, -0.25) is 13.9 Å².